The second-order valence-corrected chi connectivity index (χ2v) is 6.12. The van der Waals surface area contributed by atoms with Gasteiger partial charge in [0, 0.05) is 12.0 Å². The van der Waals surface area contributed by atoms with E-state index < -0.39 is 6.61 Å². The van der Waals surface area contributed by atoms with E-state index in [1.807, 2.05) is 18.2 Å². The van der Waals surface area contributed by atoms with Gasteiger partial charge in [0.2, 0.25) is 5.91 Å². The summed E-state index contributed by atoms with van der Waals surface area (Å²) in [5, 5.41) is 2.99. The lowest BCUT2D eigenvalue weighted by Crippen LogP contribution is -2.33. The predicted molar refractivity (Wildman–Crippen MR) is 87.1 cm³/mol. The monoisotopic (exact) mass is 331 g/mol. The highest BCUT2D eigenvalue weighted by Crippen LogP contribution is 2.47. The predicted octanol–water partition coefficient (Wildman–Crippen LogP) is 3.68. The summed E-state index contributed by atoms with van der Waals surface area (Å²) in [4.78, 5) is 12.1. The lowest BCUT2D eigenvalue weighted by molar-refractivity contribution is -0.120. The summed E-state index contributed by atoms with van der Waals surface area (Å²) < 4.78 is 28.5. The Hall–Kier alpha value is -2.43. The number of halogens is 2. The average Bonchev–Trinajstić information content (AvgIpc) is 3.37. The Morgan fingerprint density at radius 3 is 2.33 bits per heavy atom. The summed E-state index contributed by atoms with van der Waals surface area (Å²) >= 11 is 0. The van der Waals surface area contributed by atoms with Crippen LogP contribution < -0.4 is 10.1 Å². The zero-order valence-corrected chi connectivity index (χ0v) is 13.2. The summed E-state index contributed by atoms with van der Waals surface area (Å²) in [6, 6.07) is 16.4. The number of carbonyl (C=O) groups excluding carboxylic acids is 1. The van der Waals surface area contributed by atoms with Crippen LogP contribution in [0.25, 0.3) is 0 Å². The first-order chi connectivity index (χ1) is 11.6. The number of hydrogen-bond acceptors (Lipinski definition) is 2. The second kappa shape index (κ2) is 6.99. The molecule has 24 heavy (non-hydrogen) atoms. The quantitative estimate of drug-likeness (QED) is 0.840. The van der Waals surface area contributed by atoms with Gasteiger partial charge < -0.3 is 10.1 Å². The molecule has 0 spiro atoms. The third-order valence-electron chi connectivity index (χ3n) is 4.38. The van der Waals surface area contributed by atoms with Gasteiger partial charge in [-0.05, 0) is 36.1 Å². The van der Waals surface area contributed by atoms with Gasteiger partial charge in [0.05, 0.1) is 6.42 Å². The Labute approximate surface area is 139 Å². The molecule has 0 bridgehead atoms. The number of amides is 1. The molecule has 1 amide bonds. The molecule has 3 nitrogen and oxygen atoms in total. The zero-order valence-electron chi connectivity index (χ0n) is 13.2. The second-order valence-electron chi connectivity index (χ2n) is 6.12. The van der Waals surface area contributed by atoms with Crippen LogP contribution in [0.15, 0.2) is 54.6 Å². The van der Waals surface area contributed by atoms with Crippen molar-refractivity contribution in [2.45, 2.75) is 31.3 Å². The summed E-state index contributed by atoms with van der Waals surface area (Å²) in [6.45, 7) is -2.21. The molecule has 126 valence electrons. The van der Waals surface area contributed by atoms with Gasteiger partial charge in [-0.1, -0.05) is 42.5 Å². The van der Waals surface area contributed by atoms with E-state index in [4.69, 9.17) is 0 Å². The van der Waals surface area contributed by atoms with Crippen molar-refractivity contribution in [3.05, 3.63) is 65.7 Å². The molecule has 1 aliphatic rings. The number of alkyl halides is 2. The van der Waals surface area contributed by atoms with Crippen molar-refractivity contribution in [1.29, 1.82) is 0 Å². The van der Waals surface area contributed by atoms with E-state index in [9.17, 15) is 13.6 Å². The molecule has 1 fully saturated rings. The molecule has 0 saturated heterocycles. The first kappa shape index (κ1) is 16.4. The highest BCUT2D eigenvalue weighted by molar-refractivity contribution is 5.78. The molecular formula is C19H19F2NO2. The minimum Gasteiger partial charge on any atom is -0.435 e. The first-order valence-corrected chi connectivity index (χ1v) is 7.93. The van der Waals surface area contributed by atoms with E-state index in [1.54, 1.807) is 12.1 Å². The Balaban J connectivity index is 1.51. The summed E-state index contributed by atoms with van der Waals surface area (Å²) in [6.07, 6.45) is 2.38. The molecule has 1 N–H and O–H groups in total. The van der Waals surface area contributed by atoms with Crippen LogP contribution in [0.1, 0.15) is 24.0 Å². The summed E-state index contributed by atoms with van der Waals surface area (Å²) in [5.41, 5.74) is 2.10. The van der Waals surface area contributed by atoms with Crippen molar-refractivity contribution in [2.75, 3.05) is 6.54 Å². The van der Waals surface area contributed by atoms with Crippen LogP contribution >= 0.6 is 0 Å². The number of hydrogen-bond donors (Lipinski definition) is 1. The molecule has 0 radical (unpaired) electrons. The highest BCUT2D eigenvalue weighted by atomic mass is 19.3. The molecule has 0 atom stereocenters. The Kier molecular flexibility index (Phi) is 4.79. The van der Waals surface area contributed by atoms with E-state index in [-0.39, 0.29) is 23.5 Å². The Bertz CT molecular complexity index is 682. The maximum atomic E-state index is 12.1. The van der Waals surface area contributed by atoms with E-state index in [0.29, 0.717) is 6.54 Å². The van der Waals surface area contributed by atoms with Crippen molar-refractivity contribution in [3.8, 4) is 5.75 Å². The van der Waals surface area contributed by atoms with Gasteiger partial charge >= 0.3 is 6.61 Å². The molecule has 2 aromatic rings. The topological polar surface area (TPSA) is 38.3 Å². The van der Waals surface area contributed by atoms with Gasteiger partial charge in [-0.2, -0.15) is 8.78 Å². The molecule has 0 aliphatic heterocycles. The maximum absolute atomic E-state index is 12.1. The van der Waals surface area contributed by atoms with Crippen LogP contribution in [0.5, 0.6) is 5.75 Å². The molecule has 3 rings (SSSR count). The van der Waals surface area contributed by atoms with Crippen LogP contribution in [-0.4, -0.2) is 19.1 Å². The van der Waals surface area contributed by atoms with Crippen molar-refractivity contribution >= 4 is 5.91 Å². The van der Waals surface area contributed by atoms with Crippen LogP contribution in [0.4, 0.5) is 8.78 Å². The maximum Gasteiger partial charge on any atom is 0.387 e. The fourth-order valence-corrected chi connectivity index (χ4v) is 2.81. The number of rotatable bonds is 7. The van der Waals surface area contributed by atoms with Crippen molar-refractivity contribution in [1.82, 2.24) is 5.32 Å². The molecule has 0 unspecified atom stereocenters. The molecule has 2 aromatic carbocycles. The molecular weight excluding hydrogens is 312 g/mol. The number of nitrogens with one attached hydrogen (secondary N) is 1. The molecule has 0 aromatic heterocycles. The van der Waals surface area contributed by atoms with Crippen LogP contribution in [-0.2, 0) is 16.6 Å². The summed E-state index contributed by atoms with van der Waals surface area (Å²) in [5.74, 6) is 0.0231. The van der Waals surface area contributed by atoms with Gasteiger partial charge in [0.15, 0.2) is 0 Å². The van der Waals surface area contributed by atoms with Crippen LogP contribution in [0.3, 0.4) is 0 Å². The zero-order chi connectivity index (χ0) is 17.0. The van der Waals surface area contributed by atoms with E-state index in [2.05, 4.69) is 22.2 Å². The van der Waals surface area contributed by atoms with Crippen molar-refractivity contribution in [3.63, 3.8) is 0 Å². The SMILES string of the molecule is O=C(Cc1ccc(OC(F)F)cc1)NCC1(c2ccccc2)CC1. The summed E-state index contributed by atoms with van der Waals surface area (Å²) in [7, 11) is 0. The van der Waals surface area contributed by atoms with E-state index in [0.717, 1.165) is 18.4 Å². The smallest absolute Gasteiger partial charge is 0.387 e. The van der Waals surface area contributed by atoms with Gasteiger partial charge in [0.1, 0.15) is 5.75 Å². The fourth-order valence-electron chi connectivity index (χ4n) is 2.81. The largest absolute Gasteiger partial charge is 0.435 e. The normalized spacial score (nSPS) is 15.1. The number of carbonyl (C=O) groups is 1. The van der Waals surface area contributed by atoms with Gasteiger partial charge in [-0.25, -0.2) is 0 Å². The first-order valence-electron chi connectivity index (χ1n) is 7.93. The fraction of sp³-hybridized carbons (Fsp3) is 0.316. The van der Waals surface area contributed by atoms with Crippen LogP contribution in [0.2, 0.25) is 0 Å². The van der Waals surface area contributed by atoms with Gasteiger partial charge in [0.25, 0.3) is 0 Å². The van der Waals surface area contributed by atoms with Gasteiger partial charge in [-0.3, -0.25) is 4.79 Å². The van der Waals surface area contributed by atoms with Crippen molar-refractivity contribution < 1.29 is 18.3 Å². The molecule has 1 saturated carbocycles. The van der Waals surface area contributed by atoms with E-state index >= 15 is 0 Å². The number of benzene rings is 2. The lowest BCUT2D eigenvalue weighted by atomic mass is 9.96. The van der Waals surface area contributed by atoms with Gasteiger partial charge in [-0.15, -0.1) is 0 Å². The molecule has 5 heteroatoms. The Morgan fingerprint density at radius 1 is 1.08 bits per heavy atom. The average molecular weight is 331 g/mol. The molecule has 1 aliphatic carbocycles. The van der Waals surface area contributed by atoms with Crippen molar-refractivity contribution in [2.24, 2.45) is 0 Å². The van der Waals surface area contributed by atoms with E-state index in [1.165, 1.54) is 17.7 Å². The standard InChI is InChI=1S/C19H19F2NO2/c20-18(21)24-16-8-6-14(7-9-16)12-17(23)22-13-19(10-11-19)15-4-2-1-3-5-15/h1-9,18H,10-13H2,(H,22,23). The third-order valence-corrected chi connectivity index (χ3v) is 4.38. The molecule has 0 heterocycles. The minimum atomic E-state index is -2.84. The van der Waals surface area contributed by atoms with Crippen LogP contribution in [0, 0.1) is 0 Å². The Morgan fingerprint density at radius 2 is 1.75 bits per heavy atom. The number of ether oxygens (including phenoxy) is 1. The highest BCUT2D eigenvalue weighted by Gasteiger charge is 2.44. The third kappa shape index (κ3) is 4.10. The minimum absolute atomic E-state index is 0.0697. The lowest BCUT2D eigenvalue weighted by Gasteiger charge is -2.16.